The molecule has 1 aromatic carbocycles. The molecular formula is C19H26N4O2. The van der Waals surface area contributed by atoms with Crippen LogP contribution in [0.15, 0.2) is 24.4 Å². The highest BCUT2D eigenvalue weighted by molar-refractivity contribution is 5.97. The molecule has 1 saturated heterocycles. The number of aromatic hydroxyl groups is 1. The number of piperidine rings is 1. The average Bonchev–Trinajstić information content (AvgIpc) is 3.09. The summed E-state index contributed by atoms with van der Waals surface area (Å²) >= 11 is 0. The van der Waals surface area contributed by atoms with Crippen LogP contribution in [-0.2, 0) is 6.42 Å². The number of rotatable bonds is 5. The smallest absolute Gasteiger partial charge is 0.257 e. The predicted molar refractivity (Wildman–Crippen MR) is 95.9 cm³/mol. The van der Waals surface area contributed by atoms with Crippen molar-refractivity contribution < 1.29 is 9.90 Å². The van der Waals surface area contributed by atoms with Crippen LogP contribution in [0.1, 0.15) is 55.6 Å². The number of phenols is 1. The van der Waals surface area contributed by atoms with E-state index in [1.54, 1.807) is 22.9 Å². The minimum absolute atomic E-state index is 0.00713. The molecule has 1 amide bonds. The normalized spacial score (nSPS) is 14.9. The number of nitrogens with zero attached hydrogens (tertiary/aromatic N) is 4. The standard InChI is InChI=1S/C19H26N4O2/c1-14(2)6-7-15-13-23(21-20-15)16-8-9-17(18(24)12-16)19(25)22-10-4-3-5-11-22/h8-9,12-14,24H,3-7,10-11H2,1-2H3. The lowest BCUT2D eigenvalue weighted by atomic mass is 10.1. The van der Waals surface area contributed by atoms with Gasteiger partial charge in [0.05, 0.1) is 23.1 Å². The van der Waals surface area contributed by atoms with Gasteiger partial charge in [-0.2, -0.15) is 0 Å². The van der Waals surface area contributed by atoms with Gasteiger partial charge in [0.25, 0.3) is 5.91 Å². The largest absolute Gasteiger partial charge is 0.507 e. The highest BCUT2D eigenvalue weighted by Crippen LogP contribution is 2.24. The third kappa shape index (κ3) is 4.18. The second-order valence-electron chi connectivity index (χ2n) is 7.14. The van der Waals surface area contributed by atoms with Crippen LogP contribution in [0.3, 0.4) is 0 Å². The monoisotopic (exact) mass is 342 g/mol. The Morgan fingerprint density at radius 3 is 2.68 bits per heavy atom. The fraction of sp³-hybridized carbons (Fsp3) is 0.526. The molecule has 0 atom stereocenters. The Balaban J connectivity index is 1.74. The van der Waals surface area contributed by atoms with E-state index in [1.807, 2.05) is 11.1 Å². The van der Waals surface area contributed by atoms with Crippen molar-refractivity contribution in [3.63, 3.8) is 0 Å². The molecule has 0 unspecified atom stereocenters. The second-order valence-corrected chi connectivity index (χ2v) is 7.14. The molecule has 0 bridgehead atoms. The lowest BCUT2D eigenvalue weighted by Crippen LogP contribution is -2.35. The zero-order valence-electron chi connectivity index (χ0n) is 15.0. The Bertz CT molecular complexity index is 733. The molecule has 6 heteroatoms. The zero-order chi connectivity index (χ0) is 17.8. The van der Waals surface area contributed by atoms with Gasteiger partial charge in [0.15, 0.2) is 0 Å². The van der Waals surface area contributed by atoms with Crippen molar-refractivity contribution in [3.05, 3.63) is 35.7 Å². The fourth-order valence-corrected chi connectivity index (χ4v) is 3.09. The van der Waals surface area contributed by atoms with E-state index in [1.165, 1.54) is 6.42 Å². The first-order chi connectivity index (χ1) is 12.0. The number of hydrogen-bond acceptors (Lipinski definition) is 4. The Morgan fingerprint density at radius 2 is 2.00 bits per heavy atom. The molecule has 0 saturated carbocycles. The van der Waals surface area contributed by atoms with Gasteiger partial charge in [-0.3, -0.25) is 4.79 Å². The van der Waals surface area contributed by atoms with Crippen molar-refractivity contribution >= 4 is 5.91 Å². The van der Waals surface area contributed by atoms with Crippen molar-refractivity contribution in [3.8, 4) is 11.4 Å². The lowest BCUT2D eigenvalue weighted by Gasteiger charge is -2.27. The van der Waals surface area contributed by atoms with E-state index in [2.05, 4.69) is 24.2 Å². The predicted octanol–water partition coefficient (Wildman–Crippen LogP) is 3.19. The van der Waals surface area contributed by atoms with Gasteiger partial charge in [-0.25, -0.2) is 4.68 Å². The highest BCUT2D eigenvalue weighted by Gasteiger charge is 2.21. The molecule has 6 nitrogen and oxygen atoms in total. The summed E-state index contributed by atoms with van der Waals surface area (Å²) in [5, 5.41) is 18.6. The van der Waals surface area contributed by atoms with E-state index in [4.69, 9.17) is 0 Å². The van der Waals surface area contributed by atoms with Gasteiger partial charge in [-0.1, -0.05) is 19.1 Å². The number of amides is 1. The molecule has 1 fully saturated rings. The maximum Gasteiger partial charge on any atom is 0.257 e. The first-order valence-electron chi connectivity index (χ1n) is 9.08. The number of hydrogen-bond donors (Lipinski definition) is 1. The van der Waals surface area contributed by atoms with Gasteiger partial charge in [-0.15, -0.1) is 5.10 Å². The fourth-order valence-electron chi connectivity index (χ4n) is 3.09. The summed E-state index contributed by atoms with van der Waals surface area (Å²) in [6.07, 6.45) is 7.05. The van der Waals surface area contributed by atoms with Crippen LogP contribution >= 0.6 is 0 Å². The van der Waals surface area contributed by atoms with Crippen LogP contribution in [0, 0.1) is 5.92 Å². The molecule has 2 heterocycles. The van der Waals surface area contributed by atoms with Crippen LogP contribution in [0.4, 0.5) is 0 Å². The molecule has 0 aliphatic carbocycles. The van der Waals surface area contributed by atoms with Gasteiger partial charge in [-0.05, 0) is 50.2 Å². The quantitative estimate of drug-likeness (QED) is 0.906. The van der Waals surface area contributed by atoms with E-state index < -0.39 is 0 Å². The number of likely N-dealkylation sites (tertiary alicyclic amines) is 1. The van der Waals surface area contributed by atoms with Crippen LogP contribution in [-0.4, -0.2) is 44.0 Å². The summed E-state index contributed by atoms with van der Waals surface area (Å²) in [7, 11) is 0. The van der Waals surface area contributed by atoms with Crippen molar-refractivity contribution in [1.29, 1.82) is 0 Å². The van der Waals surface area contributed by atoms with Crippen LogP contribution in [0.5, 0.6) is 5.75 Å². The van der Waals surface area contributed by atoms with Gasteiger partial charge in [0, 0.05) is 19.2 Å². The van der Waals surface area contributed by atoms with E-state index in [9.17, 15) is 9.90 Å². The number of aromatic nitrogens is 3. The summed E-state index contributed by atoms with van der Waals surface area (Å²) in [5.74, 6) is 0.515. The number of phenolic OH excluding ortho intramolecular Hbond substituents is 1. The molecule has 3 rings (SSSR count). The average molecular weight is 342 g/mol. The zero-order valence-corrected chi connectivity index (χ0v) is 15.0. The third-order valence-corrected chi connectivity index (χ3v) is 4.64. The molecule has 2 aromatic rings. The molecule has 1 aliphatic rings. The number of carbonyl (C=O) groups excluding carboxylic acids is 1. The minimum Gasteiger partial charge on any atom is -0.507 e. The Hall–Kier alpha value is -2.37. The molecule has 25 heavy (non-hydrogen) atoms. The van der Waals surface area contributed by atoms with Gasteiger partial charge in [0.1, 0.15) is 5.75 Å². The lowest BCUT2D eigenvalue weighted by molar-refractivity contribution is 0.0721. The maximum absolute atomic E-state index is 12.6. The highest BCUT2D eigenvalue weighted by atomic mass is 16.3. The third-order valence-electron chi connectivity index (χ3n) is 4.64. The van der Waals surface area contributed by atoms with Crippen molar-refractivity contribution in [2.45, 2.75) is 46.0 Å². The van der Waals surface area contributed by atoms with E-state index in [0.29, 0.717) is 17.2 Å². The first-order valence-corrected chi connectivity index (χ1v) is 9.08. The van der Waals surface area contributed by atoms with E-state index >= 15 is 0 Å². The molecule has 1 aliphatic heterocycles. The molecule has 1 N–H and O–H groups in total. The van der Waals surface area contributed by atoms with Crippen LogP contribution < -0.4 is 0 Å². The Labute approximate surface area is 148 Å². The van der Waals surface area contributed by atoms with Gasteiger partial charge >= 0.3 is 0 Å². The van der Waals surface area contributed by atoms with Crippen molar-refractivity contribution in [1.82, 2.24) is 19.9 Å². The summed E-state index contributed by atoms with van der Waals surface area (Å²) in [6, 6.07) is 5.06. The SMILES string of the molecule is CC(C)CCc1cn(-c2ccc(C(=O)N3CCCCC3)c(O)c2)nn1. The summed E-state index contributed by atoms with van der Waals surface area (Å²) < 4.78 is 1.64. The molecule has 134 valence electrons. The van der Waals surface area contributed by atoms with Crippen LogP contribution in [0.25, 0.3) is 5.69 Å². The number of carbonyl (C=O) groups is 1. The van der Waals surface area contributed by atoms with E-state index in [-0.39, 0.29) is 11.7 Å². The summed E-state index contributed by atoms with van der Waals surface area (Å²) in [6.45, 7) is 5.89. The second kappa shape index (κ2) is 7.68. The van der Waals surface area contributed by atoms with Crippen molar-refractivity contribution in [2.24, 2.45) is 5.92 Å². The Morgan fingerprint density at radius 1 is 1.24 bits per heavy atom. The Kier molecular flexibility index (Phi) is 5.36. The maximum atomic E-state index is 12.6. The van der Waals surface area contributed by atoms with Crippen molar-refractivity contribution in [2.75, 3.05) is 13.1 Å². The van der Waals surface area contributed by atoms with E-state index in [0.717, 1.165) is 44.5 Å². The molecule has 0 spiro atoms. The number of aryl methyl sites for hydroxylation is 1. The molecule has 0 radical (unpaired) electrons. The molecule has 1 aromatic heterocycles. The first kappa shape index (κ1) is 17.5. The summed E-state index contributed by atoms with van der Waals surface area (Å²) in [4.78, 5) is 14.4. The van der Waals surface area contributed by atoms with Gasteiger partial charge < -0.3 is 10.0 Å². The topological polar surface area (TPSA) is 71.2 Å². The number of benzene rings is 1. The van der Waals surface area contributed by atoms with Gasteiger partial charge in [0.2, 0.25) is 0 Å². The van der Waals surface area contributed by atoms with Crippen LogP contribution in [0.2, 0.25) is 0 Å². The summed E-state index contributed by atoms with van der Waals surface area (Å²) in [5.41, 5.74) is 1.99. The minimum atomic E-state index is -0.0973. The molecular weight excluding hydrogens is 316 g/mol.